The first-order valence-electron chi connectivity index (χ1n) is 18.7. The van der Waals surface area contributed by atoms with Crippen LogP contribution >= 0.6 is 0 Å². The van der Waals surface area contributed by atoms with Gasteiger partial charge in [-0.2, -0.15) is 0 Å². The number of halogens is 8. The topological polar surface area (TPSA) is 7.65 Å². The van der Waals surface area contributed by atoms with Crippen molar-refractivity contribution in [2.24, 2.45) is 0 Å². The van der Waals surface area contributed by atoms with Crippen LogP contribution in [0.15, 0.2) is 157 Å². The summed E-state index contributed by atoms with van der Waals surface area (Å²) in [5.74, 6) is -12.7. The number of fused-ring (bicyclic) bond motifs is 6. The van der Waals surface area contributed by atoms with Crippen LogP contribution in [0.2, 0.25) is 0 Å². The van der Waals surface area contributed by atoms with Gasteiger partial charge in [-0.25, -0.2) is 35.1 Å². The summed E-state index contributed by atoms with van der Waals surface area (Å²) in [5.41, 5.74) is -5.98. The fourth-order valence-corrected chi connectivity index (χ4v) is 8.64. The maximum atomic E-state index is 17.0. The Bertz CT molecular complexity index is 3090. The quantitative estimate of drug-likeness (QED) is 0.120. The molecule has 0 N–H and O–H groups in total. The van der Waals surface area contributed by atoms with Gasteiger partial charge in [0, 0.05) is 44.1 Å². The predicted molar refractivity (Wildman–Crippen MR) is 218 cm³/mol. The number of benzene rings is 7. The molecule has 2 unspecified atom stereocenters. The average Bonchev–Trinajstić information content (AvgIpc) is 3.78. The Kier molecular flexibility index (Phi) is 8.21. The van der Waals surface area contributed by atoms with Gasteiger partial charge in [0.1, 0.15) is 5.69 Å². The number of allylic oxidation sites excluding steroid dienone is 4. The zero-order valence-corrected chi connectivity index (χ0v) is 30.9. The number of nitrogens with zero attached hydrogens (tertiary/aromatic N) is 2. The van der Waals surface area contributed by atoms with Gasteiger partial charge in [0.25, 0.3) is 0 Å². The third-order valence-electron chi connectivity index (χ3n) is 11.3. The fourth-order valence-electron chi connectivity index (χ4n) is 8.64. The van der Waals surface area contributed by atoms with Gasteiger partial charge in [0.05, 0.1) is 22.1 Å². The molecule has 0 spiro atoms. The van der Waals surface area contributed by atoms with Crippen LogP contribution in [0.25, 0.3) is 60.4 Å². The van der Waals surface area contributed by atoms with Gasteiger partial charge in [-0.05, 0) is 72.1 Å². The van der Waals surface area contributed by atoms with Crippen molar-refractivity contribution in [1.82, 2.24) is 4.40 Å². The van der Waals surface area contributed by atoms with Gasteiger partial charge in [0.15, 0.2) is 46.8 Å². The highest BCUT2D eigenvalue weighted by atomic mass is 19.2. The van der Waals surface area contributed by atoms with E-state index in [1.165, 1.54) is 48.5 Å². The normalized spacial score (nSPS) is 17.3. The number of hydrogen-bond donors (Lipinski definition) is 0. The molecule has 0 radical (unpaired) electrons. The number of alkyl halides is 2. The van der Waals surface area contributed by atoms with Gasteiger partial charge in [0.2, 0.25) is 0 Å². The van der Waals surface area contributed by atoms with Crippen molar-refractivity contribution in [3.63, 3.8) is 0 Å². The second-order valence-corrected chi connectivity index (χ2v) is 14.7. The molecular formula is C49H28F8N2. The van der Waals surface area contributed by atoms with E-state index in [9.17, 15) is 0 Å². The lowest BCUT2D eigenvalue weighted by Gasteiger charge is -2.34. The second kappa shape index (κ2) is 13.3. The van der Waals surface area contributed by atoms with Crippen LogP contribution in [0.3, 0.4) is 0 Å². The lowest BCUT2D eigenvalue weighted by Crippen LogP contribution is -2.38. The number of hydrogen-bond acceptors (Lipinski definition) is 1. The summed E-state index contributed by atoms with van der Waals surface area (Å²) in [4.78, 5) is 0.904. The highest BCUT2D eigenvalue weighted by Gasteiger charge is 2.52. The first-order valence-corrected chi connectivity index (χ1v) is 18.7. The van der Waals surface area contributed by atoms with Gasteiger partial charge in [-0.3, -0.25) is 0 Å². The minimum absolute atomic E-state index is 0.0760. The van der Waals surface area contributed by atoms with E-state index >= 15 is 35.1 Å². The van der Waals surface area contributed by atoms with Crippen molar-refractivity contribution in [2.75, 3.05) is 4.90 Å². The fraction of sp³-hybridized carbons (Fsp3) is 0.0612. The molecular weight excluding hydrogens is 769 g/mol. The van der Waals surface area contributed by atoms with Gasteiger partial charge in [-0.15, -0.1) is 0 Å². The van der Waals surface area contributed by atoms with Crippen molar-refractivity contribution in [3.05, 3.63) is 192 Å². The largest absolute Gasteiger partial charge is 0.308 e. The Morgan fingerprint density at radius 1 is 0.508 bits per heavy atom. The minimum Gasteiger partial charge on any atom is -0.308 e. The predicted octanol–water partition coefficient (Wildman–Crippen LogP) is 14.7. The van der Waals surface area contributed by atoms with Gasteiger partial charge >= 0.3 is 0 Å². The maximum absolute atomic E-state index is 17.0. The SMILES string of the molecule is CC1(F)C(c2c(F)c(F)c(N(c3ccccc3)c3ccc(-c4ccccc4)cc3)c(F)c2F)=C(F)C(F)=C(c2cc3c4ccccc4n4c5ccccc5c(c2)c34)C1F. The van der Waals surface area contributed by atoms with E-state index in [0.29, 0.717) is 28.5 Å². The minimum atomic E-state index is -3.73. The van der Waals surface area contributed by atoms with E-state index in [4.69, 9.17) is 0 Å². The molecule has 10 rings (SSSR count). The zero-order chi connectivity index (χ0) is 40.9. The molecule has 0 saturated carbocycles. The molecule has 10 heteroatoms. The van der Waals surface area contributed by atoms with Crippen LogP contribution in [-0.4, -0.2) is 16.2 Å². The molecule has 2 aromatic heterocycles. The van der Waals surface area contributed by atoms with Crippen molar-refractivity contribution < 1.29 is 35.1 Å². The average molecular weight is 797 g/mol. The Labute approximate surface area is 331 Å². The van der Waals surface area contributed by atoms with Gasteiger partial charge < -0.3 is 9.30 Å². The Balaban J connectivity index is 1.16. The van der Waals surface area contributed by atoms with Crippen LogP contribution in [-0.2, 0) is 0 Å². The van der Waals surface area contributed by atoms with E-state index in [1.54, 1.807) is 30.3 Å². The molecule has 0 aliphatic heterocycles. The van der Waals surface area contributed by atoms with Crippen LogP contribution in [0.4, 0.5) is 52.2 Å². The highest BCUT2D eigenvalue weighted by molar-refractivity contribution is 6.24. The number of para-hydroxylation sites is 3. The molecule has 59 heavy (non-hydrogen) atoms. The molecule has 2 nitrogen and oxygen atoms in total. The Morgan fingerprint density at radius 2 is 0.983 bits per heavy atom. The third-order valence-corrected chi connectivity index (χ3v) is 11.3. The number of aromatic nitrogens is 1. The van der Waals surface area contributed by atoms with Crippen molar-refractivity contribution in [2.45, 2.75) is 18.8 Å². The Morgan fingerprint density at radius 3 is 1.54 bits per heavy atom. The molecule has 1 aliphatic rings. The van der Waals surface area contributed by atoms with Crippen molar-refractivity contribution in [1.29, 1.82) is 0 Å². The molecule has 0 saturated heterocycles. The lowest BCUT2D eigenvalue weighted by molar-refractivity contribution is 0.155. The molecule has 0 fully saturated rings. The molecule has 290 valence electrons. The van der Waals surface area contributed by atoms with Crippen LogP contribution < -0.4 is 4.90 Å². The molecule has 0 bridgehead atoms. The standard InChI is InChI=1S/C49H28F8N2/c1-49(57)39(43(53)40(50)37(48(49)56)28-24-33-31-16-8-10-18-35(31)59-36-19-11-9-17-32(36)34(25-28)46(33)59)38-41(51)44(54)47(45(55)42(38)52)58(29-14-6-3-7-15-29)30-22-20-27(21-23-30)26-12-4-2-5-13-26/h2-25,48H,1H3. The van der Waals surface area contributed by atoms with Crippen molar-refractivity contribution >= 4 is 66.3 Å². The highest BCUT2D eigenvalue weighted by Crippen LogP contribution is 2.54. The van der Waals surface area contributed by atoms with Crippen LogP contribution in [0.5, 0.6) is 0 Å². The first kappa shape index (κ1) is 36.4. The Hall–Kier alpha value is -6.94. The summed E-state index contributed by atoms with van der Waals surface area (Å²) < 4.78 is 135. The molecule has 2 atom stereocenters. The summed E-state index contributed by atoms with van der Waals surface area (Å²) in [6.45, 7) is 0.463. The van der Waals surface area contributed by atoms with E-state index in [2.05, 4.69) is 0 Å². The maximum Gasteiger partial charge on any atom is 0.186 e. The molecule has 9 aromatic rings. The monoisotopic (exact) mass is 796 g/mol. The summed E-state index contributed by atoms with van der Waals surface area (Å²) in [6, 6.07) is 40.4. The molecule has 7 aromatic carbocycles. The summed E-state index contributed by atoms with van der Waals surface area (Å²) in [7, 11) is 0. The van der Waals surface area contributed by atoms with Crippen LogP contribution in [0.1, 0.15) is 18.1 Å². The second-order valence-electron chi connectivity index (χ2n) is 14.7. The summed E-state index contributed by atoms with van der Waals surface area (Å²) >= 11 is 0. The smallest absolute Gasteiger partial charge is 0.186 e. The number of anilines is 3. The first-order chi connectivity index (χ1) is 28.5. The molecule has 2 heterocycles. The van der Waals surface area contributed by atoms with Crippen LogP contribution in [0, 0.1) is 23.3 Å². The zero-order valence-electron chi connectivity index (χ0n) is 30.9. The van der Waals surface area contributed by atoms with Crippen molar-refractivity contribution in [3.8, 4) is 11.1 Å². The summed E-state index contributed by atoms with van der Waals surface area (Å²) in [5, 5.41) is 2.50. The van der Waals surface area contributed by atoms with Gasteiger partial charge in [-0.1, -0.05) is 97.1 Å². The van der Waals surface area contributed by atoms with E-state index in [1.807, 2.05) is 71.1 Å². The van der Waals surface area contributed by atoms with E-state index < -0.39 is 69.2 Å². The van der Waals surface area contributed by atoms with E-state index in [-0.39, 0.29) is 16.9 Å². The molecule has 0 amide bonds. The molecule has 1 aliphatic carbocycles. The lowest BCUT2D eigenvalue weighted by atomic mass is 9.77. The number of rotatable bonds is 6. The van der Waals surface area contributed by atoms with E-state index in [0.717, 1.165) is 32.6 Å². The summed E-state index contributed by atoms with van der Waals surface area (Å²) in [6.07, 6.45) is -3.08. The third kappa shape index (κ3) is 5.25.